The fraction of sp³-hybridized carbons (Fsp3) is 0.409. The molecular formula is C22H28N6. The molecule has 146 valence electrons. The van der Waals surface area contributed by atoms with Crippen LogP contribution in [0.5, 0.6) is 0 Å². The molecule has 0 amide bonds. The lowest BCUT2D eigenvalue weighted by molar-refractivity contribution is 0.253. The van der Waals surface area contributed by atoms with Crippen molar-refractivity contribution in [3.8, 4) is 11.3 Å². The fourth-order valence-electron chi connectivity index (χ4n) is 3.74. The molecule has 1 saturated heterocycles. The van der Waals surface area contributed by atoms with Crippen molar-refractivity contribution in [3.63, 3.8) is 0 Å². The molecule has 1 aliphatic rings. The predicted molar refractivity (Wildman–Crippen MR) is 116 cm³/mol. The van der Waals surface area contributed by atoms with Crippen LogP contribution >= 0.6 is 0 Å². The SMILES string of the molecule is CN(C)c1ccc(-c2cc3nccnc3c(NC[C@]3(C)CCCNC3)n2)cc1. The van der Waals surface area contributed by atoms with Gasteiger partial charge in [0.2, 0.25) is 0 Å². The van der Waals surface area contributed by atoms with Crippen LogP contribution in [0.2, 0.25) is 0 Å². The highest BCUT2D eigenvalue weighted by Crippen LogP contribution is 2.29. The lowest BCUT2D eigenvalue weighted by Crippen LogP contribution is -2.42. The molecule has 3 heterocycles. The van der Waals surface area contributed by atoms with Crippen LogP contribution in [0.1, 0.15) is 19.8 Å². The summed E-state index contributed by atoms with van der Waals surface area (Å²) in [5.74, 6) is 0.809. The lowest BCUT2D eigenvalue weighted by atomic mass is 9.83. The van der Waals surface area contributed by atoms with E-state index in [0.29, 0.717) is 0 Å². The van der Waals surface area contributed by atoms with Gasteiger partial charge < -0.3 is 15.5 Å². The molecule has 0 unspecified atom stereocenters. The molecule has 2 N–H and O–H groups in total. The number of pyridine rings is 1. The molecule has 6 nitrogen and oxygen atoms in total. The van der Waals surface area contributed by atoms with Gasteiger partial charge in [0, 0.05) is 50.8 Å². The first kappa shape index (κ1) is 18.6. The first-order valence-electron chi connectivity index (χ1n) is 9.88. The summed E-state index contributed by atoms with van der Waals surface area (Å²) in [6, 6.07) is 10.5. The van der Waals surface area contributed by atoms with E-state index >= 15 is 0 Å². The van der Waals surface area contributed by atoms with Crippen molar-refractivity contribution in [2.75, 3.05) is 43.9 Å². The van der Waals surface area contributed by atoms with Crippen molar-refractivity contribution in [2.24, 2.45) is 5.41 Å². The second-order valence-electron chi connectivity index (χ2n) is 8.17. The first-order valence-corrected chi connectivity index (χ1v) is 9.88. The number of anilines is 2. The van der Waals surface area contributed by atoms with E-state index in [9.17, 15) is 0 Å². The molecule has 0 saturated carbocycles. The highest BCUT2D eigenvalue weighted by Gasteiger charge is 2.27. The summed E-state index contributed by atoms with van der Waals surface area (Å²) in [6.45, 7) is 5.32. The molecule has 0 radical (unpaired) electrons. The minimum Gasteiger partial charge on any atom is -0.378 e. The van der Waals surface area contributed by atoms with Crippen LogP contribution < -0.4 is 15.5 Å². The Kier molecular flexibility index (Phi) is 5.13. The largest absolute Gasteiger partial charge is 0.378 e. The van der Waals surface area contributed by atoms with E-state index in [0.717, 1.165) is 47.7 Å². The maximum absolute atomic E-state index is 4.91. The monoisotopic (exact) mass is 376 g/mol. The van der Waals surface area contributed by atoms with Gasteiger partial charge in [-0.1, -0.05) is 19.1 Å². The smallest absolute Gasteiger partial charge is 0.154 e. The molecule has 1 atom stereocenters. The van der Waals surface area contributed by atoms with Gasteiger partial charge in [-0.3, -0.25) is 4.98 Å². The molecule has 2 aromatic heterocycles. The third-order valence-corrected chi connectivity index (χ3v) is 5.50. The van der Waals surface area contributed by atoms with Gasteiger partial charge >= 0.3 is 0 Å². The van der Waals surface area contributed by atoms with E-state index < -0.39 is 0 Å². The molecule has 0 aliphatic carbocycles. The Hall–Kier alpha value is -2.73. The molecule has 0 spiro atoms. The quantitative estimate of drug-likeness (QED) is 0.710. The van der Waals surface area contributed by atoms with Gasteiger partial charge in [-0.05, 0) is 43.0 Å². The van der Waals surface area contributed by atoms with Crippen LogP contribution in [0.4, 0.5) is 11.5 Å². The number of fused-ring (bicyclic) bond motifs is 1. The van der Waals surface area contributed by atoms with Crippen LogP contribution in [0, 0.1) is 5.41 Å². The molecule has 1 fully saturated rings. The van der Waals surface area contributed by atoms with Gasteiger partial charge in [0.15, 0.2) is 5.82 Å². The molecule has 3 aromatic rings. The van der Waals surface area contributed by atoms with E-state index in [1.807, 2.05) is 20.2 Å². The number of nitrogens with zero attached hydrogens (tertiary/aromatic N) is 4. The van der Waals surface area contributed by atoms with Gasteiger partial charge in [0.05, 0.1) is 11.2 Å². The predicted octanol–water partition coefficient (Wildman–Crippen LogP) is 3.56. The van der Waals surface area contributed by atoms with E-state index in [1.54, 1.807) is 12.4 Å². The highest BCUT2D eigenvalue weighted by atomic mass is 15.1. The van der Waals surface area contributed by atoms with Crippen LogP contribution in [-0.4, -0.2) is 48.7 Å². The second kappa shape index (κ2) is 7.72. The van der Waals surface area contributed by atoms with Gasteiger partial charge in [0.1, 0.15) is 5.52 Å². The Morgan fingerprint density at radius 1 is 1.14 bits per heavy atom. The Bertz CT molecular complexity index is 945. The van der Waals surface area contributed by atoms with Crippen LogP contribution in [-0.2, 0) is 0 Å². The number of piperidine rings is 1. The maximum atomic E-state index is 4.91. The summed E-state index contributed by atoms with van der Waals surface area (Å²) >= 11 is 0. The Morgan fingerprint density at radius 2 is 1.93 bits per heavy atom. The normalized spacial score (nSPS) is 19.5. The van der Waals surface area contributed by atoms with Crippen molar-refractivity contribution in [1.29, 1.82) is 0 Å². The van der Waals surface area contributed by atoms with Crippen LogP contribution in [0.25, 0.3) is 22.3 Å². The van der Waals surface area contributed by atoms with Crippen molar-refractivity contribution >= 4 is 22.5 Å². The summed E-state index contributed by atoms with van der Waals surface area (Å²) in [4.78, 5) is 16.1. The number of hydrogen-bond donors (Lipinski definition) is 2. The van der Waals surface area contributed by atoms with Gasteiger partial charge in [-0.2, -0.15) is 0 Å². The van der Waals surface area contributed by atoms with Crippen molar-refractivity contribution in [2.45, 2.75) is 19.8 Å². The minimum atomic E-state index is 0.220. The van der Waals surface area contributed by atoms with Crippen molar-refractivity contribution in [1.82, 2.24) is 20.3 Å². The Morgan fingerprint density at radius 3 is 2.64 bits per heavy atom. The lowest BCUT2D eigenvalue weighted by Gasteiger charge is -2.34. The van der Waals surface area contributed by atoms with Gasteiger partial charge in [0.25, 0.3) is 0 Å². The molecular weight excluding hydrogens is 348 g/mol. The fourth-order valence-corrected chi connectivity index (χ4v) is 3.74. The van der Waals surface area contributed by atoms with Gasteiger partial charge in [-0.25, -0.2) is 9.97 Å². The van der Waals surface area contributed by atoms with Gasteiger partial charge in [-0.15, -0.1) is 0 Å². The molecule has 28 heavy (non-hydrogen) atoms. The van der Waals surface area contributed by atoms with E-state index in [-0.39, 0.29) is 5.41 Å². The first-order chi connectivity index (χ1) is 13.5. The second-order valence-corrected chi connectivity index (χ2v) is 8.17. The standard InChI is InChI=1S/C22H28N6/c1-22(9-4-10-23-14-22)15-26-21-20-19(24-11-12-25-20)13-18(27-21)16-5-7-17(8-6-16)28(2)3/h5-8,11-13,23H,4,9-10,14-15H2,1-3H3,(H,26,27)/t22-/m1/s1. The summed E-state index contributed by atoms with van der Waals surface area (Å²) in [5.41, 5.74) is 5.06. The Balaban J connectivity index is 1.67. The van der Waals surface area contributed by atoms with Crippen molar-refractivity contribution in [3.05, 3.63) is 42.7 Å². The number of nitrogens with one attached hydrogen (secondary N) is 2. The maximum Gasteiger partial charge on any atom is 0.154 e. The zero-order valence-electron chi connectivity index (χ0n) is 16.9. The summed E-state index contributed by atoms with van der Waals surface area (Å²) in [6.07, 6.45) is 5.88. The molecule has 0 bridgehead atoms. The van der Waals surface area contributed by atoms with Crippen LogP contribution in [0.15, 0.2) is 42.7 Å². The highest BCUT2D eigenvalue weighted by molar-refractivity contribution is 5.88. The third kappa shape index (κ3) is 3.92. The molecule has 4 rings (SSSR count). The number of aromatic nitrogens is 3. The Labute approximate surface area is 166 Å². The minimum absolute atomic E-state index is 0.220. The number of benzene rings is 1. The van der Waals surface area contributed by atoms with Crippen LogP contribution in [0.3, 0.4) is 0 Å². The summed E-state index contributed by atoms with van der Waals surface area (Å²) in [7, 11) is 4.09. The average Bonchev–Trinajstić information content (AvgIpc) is 2.72. The van der Waals surface area contributed by atoms with E-state index in [4.69, 9.17) is 4.98 Å². The average molecular weight is 377 g/mol. The topological polar surface area (TPSA) is 66.0 Å². The summed E-state index contributed by atoms with van der Waals surface area (Å²) in [5, 5.41) is 7.08. The van der Waals surface area contributed by atoms with E-state index in [2.05, 4.69) is 56.7 Å². The number of rotatable bonds is 5. The molecule has 1 aromatic carbocycles. The van der Waals surface area contributed by atoms with Crippen molar-refractivity contribution < 1.29 is 0 Å². The number of hydrogen-bond acceptors (Lipinski definition) is 6. The zero-order chi connectivity index (χ0) is 19.6. The summed E-state index contributed by atoms with van der Waals surface area (Å²) < 4.78 is 0. The molecule has 1 aliphatic heterocycles. The van der Waals surface area contributed by atoms with E-state index in [1.165, 1.54) is 18.5 Å². The molecule has 6 heteroatoms. The third-order valence-electron chi connectivity index (χ3n) is 5.50. The zero-order valence-corrected chi connectivity index (χ0v) is 16.9.